The summed E-state index contributed by atoms with van der Waals surface area (Å²) < 4.78 is 5.80. The zero-order valence-electron chi connectivity index (χ0n) is 12.9. The molecule has 0 radical (unpaired) electrons. The molecule has 0 aliphatic carbocycles. The third-order valence-electron chi connectivity index (χ3n) is 3.40. The molecule has 6 heteroatoms. The molecule has 5 N–H and O–H groups in total. The maximum absolute atomic E-state index is 11.8. The van der Waals surface area contributed by atoms with E-state index in [4.69, 9.17) is 16.2 Å². The van der Waals surface area contributed by atoms with Crippen molar-refractivity contribution in [1.82, 2.24) is 5.32 Å². The fourth-order valence-electron chi connectivity index (χ4n) is 2.32. The molecule has 2 rings (SSSR count). The van der Waals surface area contributed by atoms with Gasteiger partial charge < -0.3 is 16.2 Å². The molecule has 0 spiro atoms. The first-order valence-electron chi connectivity index (χ1n) is 7.54. The number of amides is 3. The Labute approximate surface area is 134 Å². The first kappa shape index (κ1) is 16.8. The van der Waals surface area contributed by atoms with Crippen LogP contribution in [0.2, 0.25) is 0 Å². The number of hydrogen-bond donors (Lipinski definition) is 3. The Bertz CT molecular complexity index is 701. The molecule has 0 unspecified atom stereocenters. The van der Waals surface area contributed by atoms with E-state index in [0.717, 1.165) is 29.2 Å². The molecule has 2 aromatic rings. The van der Waals surface area contributed by atoms with Gasteiger partial charge in [-0.25, -0.2) is 4.79 Å². The van der Waals surface area contributed by atoms with Crippen molar-refractivity contribution in [1.29, 1.82) is 0 Å². The average molecular weight is 315 g/mol. The molecule has 122 valence electrons. The lowest BCUT2D eigenvalue weighted by Gasteiger charge is -2.13. The topological polar surface area (TPSA) is 107 Å². The van der Waals surface area contributed by atoms with Crippen LogP contribution in [0.15, 0.2) is 36.4 Å². The van der Waals surface area contributed by atoms with E-state index in [0.29, 0.717) is 18.9 Å². The molecule has 0 aromatic heterocycles. The summed E-state index contributed by atoms with van der Waals surface area (Å²) in [5.41, 5.74) is 11.2. The highest BCUT2D eigenvalue weighted by Gasteiger charge is 2.12. The van der Waals surface area contributed by atoms with Gasteiger partial charge in [0.05, 0.1) is 13.0 Å². The Kier molecular flexibility index (Phi) is 5.94. The molecular formula is C17H21N3O3. The van der Waals surface area contributed by atoms with Crippen LogP contribution in [0.3, 0.4) is 0 Å². The predicted octanol–water partition coefficient (Wildman–Crippen LogP) is 1.69. The summed E-state index contributed by atoms with van der Waals surface area (Å²) in [6, 6.07) is 10.8. The second-order valence-electron chi connectivity index (χ2n) is 5.24. The van der Waals surface area contributed by atoms with Gasteiger partial charge in [-0.1, -0.05) is 24.3 Å². The van der Waals surface area contributed by atoms with Gasteiger partial charge in [-0.3, -0.25) is 10.1 Å². The zero-order valence-corrected chi connectivity index (χ0v) is 12.9. The highest BCUT2D eigenvalue weighted by atomic mass is 16.5. The van der Waals surface area contributed by atoms with Crippen LogP contribution < -0.4 is 21.5 Å². The van der Waals surface area contributed by atoms with Gasteiger partial charge >= 0.3 is 6.03 Å². The molecule has 23 heavy (non-hydrogen) atoms. The van der Waals surface area contributed by atoms with Crippen LogP contribution >= 0.6 is 0 Å². The first-order chi connectivity index (χ1) is 11.1. The van der Waals surface area contributed by atoms with Gasteiger partial charge in [0, 0.05) is 5.56 Å². The van der Waals surface area contributed by atoms with E-state index in [1.807, 2.05) is 36.4 Å². The van der Waals surface area contributed by atoms with Gasteiger partial charge in [0.2, 0.25) is 5.91 Å². The number of ether oxygens (including phenoxy) is 1. The van der Waals surface area contributed by atoms with Gasteiger partial charge in [0.1, 0.15) is 5.75 Å². The molecule has 0 fully saturated rings. The quantitative estimate of drug-likeness (QED) is 0.676. The summed E-state index contributed by atoms with van der Waals surface area (Å²) in [4.78, 5) is 22.6. The summed E-state index contributed by atoms with van der Waals surface area (Å²) >= 11 is 0. The number of unbranched alkanes of at least 4 members (excludes halogenated alkanes) is 1. The minimum absolute atomic E-state index is 0.0278. The summed E-state index contributed by atoms with van der Waals surface area (Å²) in [6.07, 6.45) is 1.75. The van der Waals surface area contributed by atoms with Crippen LogP contribution in [0.4, 0.5) is 4.79 Å². The number of benzene rings is 2. The Morgan fingerprint density at radius 1 is 1.09 bits per heavy atom. The third-order valence-corrected chi connectivity index (χ3v) is 3.40. The van der Waals surface area contributed by atoms with Crippen molar-refractivity contribution in [3.05, 3.63) is 42.0 Å². The van der Waals surface area contributed by atoms with Crippen LogP contribution in [-0.4, -0.2) is 25.1 Å². The molecule has 2 aromatic carbocycles. The van der Waals surface area contributed by atoms with Crippen LogP contribution in [0.25, 0.3) is 10.8 Å². The van der Waals surface area contributed by atoms with Crippen LogP contribution in [-0.2, 0) is 11.2 Å². The number of rotatable bonds is 7. The summed E-state index contributed by atoms with van der Waals surface area (Å²) in [5.74, 6) is 0.180. The number of imide groups is 1. The SMILES string of the molecule is NCCCCOc1cc2ccccc2cc1CC(=O)NC(N)=O. The fourth-order valence-corrected chi connectivity index (χ4v) is 2.32. The summed E-state index contributed by atoms with van der Waals surface area (Å²) in [5, 5.41) is 4.10. The molecule has 0 saturated heterocycles. The molecule has 0 saturated carbocycles. The minimum atomic E-state index is -0.860. The molecule has 6 nitrogen and oxygen atoms in total. The van der Waals surface area contributed by atoms with Gasteiger partial charge in [0.25, 0.3) is 0 Å². The second-order valence-corrected chi connectivity index (χ2v) is 5.24. The number of nitrogens with one attached hydrogen (secondary N) is 1. The van der Waals surface area contributed by atoms with Crippen molar-refractivity contribution in [2.24, 2.45) is 11.5 Å². The smallest absolute Gasteiger partial charge is 0.318 e. The molecule has 3 amide bonds. The standard InChI is InChI=1S/C17H21N3O3/c18-7-3-4-8-23-15-10-13-6-2-1-5-12(13)9-14(15)11-16(21)20-17(19)22/h1-2,5-6,9-10H,3-4,7-8,11,18H2,(H3,19,20,21,22). The molecule has 0 heterocycles. The molecule has 0 aliphatic rings. The molecule has 0 aliphatic heterocycles. The minimum Gasteiger partial charge on any atom is -0.493 e. The average Bonchev–Trinajstić information content (AvgIpc) is 2.51. The lowest BCUT2D eigenvalue weighted by atomic mass is 10.0. The van der Waals surface area contributed by atoms with Crippen molar-refractivity contribution in [3.63, 3.8) is 0 Å². The summed E-state index contributed by atoms with van der Waals surface area (Å²) in [7, 11) is 0. The van der Waals surface area contributed by atoms with Crippen molar-refractivity contribution in [2.75, 3.05) is 13.2 Å². The molecular weight excluding hydrogens is 294 g/mol. The number of carbonyl (C=O) groups excluding carboxylic acids is 2. The van der Waals surface area contributed by atoms with Crippen LogP contribution in [0.5, 0.6) is 5.75 Å². The van der Waals surface area contributed by atoms with E-state index in [2.05, 4.69) is 5.32 Å². The van der Waals surface area contributed by atoms with E-state index in [1.54, 1.807) is 0 Å². The number of nitrogens with two attached hydrogens (primary N) is 2. The monoisotopic (exact) mass is 315 g/mol. The van der Waals surface area contributed by atoms with Gasteiger partial charge in [0.15, 0.2) is 0 Å². The van der Waals surface area contributed by atoms with Gasteiger partial charge in [-0.2, -0.15) is 0 Å². The van der Waals surface area contributed by atoms with E-state index >= 15 is 0 Å². The summed E-state index contributed by atoms with van der Waals surface area (Å²) in [6.45, 7) is 1.15. The first-order valence-corrected chi connectivity index (χ1v) is 7.54. The number of hydrogen-bond acceptors (Lipinski definition) is 4. The van der Waals surface area contributed by atoms with Crippen LogP contribution in [0, 0.1) is 0 Å². The second kappa shape index (κ2) is 8.14. The lowest BCUT2D eigenvalue weighted by molar-refractivity contribution is -0.119. The Balaban J connectivity index is 2.23. The Hall–Kier alpha value is -2.60. The highest BCUT2D eigenvalue weighted by Crippen LogP contribution is 2.27. The molecule has 0 bridgehead atoms. The third kappa shape index (κ3) is 4.96. The lowest BCUT2D eigenvalue weighted by Crippen LogP contribution is -2.36. The maximum atomic E-state index is 11.8. The van der Waals surface area contributed by atoms with E-state index < -0.39 is 11.9 Å². The van der Waals surface area contributed by atoms with Crippen molar-refractivity contribution in [3.8, 4) is 5.75 Å². The van der Waals surface area contributed by atoms with Crippen molar-refractivity contribution in [2.45, 2.75) is 19.3 Å². The zero-order chi connectivity index (χ0) is 16.7. The predicted molar refractivity (Wildman–Crippen MR) is 89.2 cm³/mol. The van der Waals surface area contributed by atoms with Crippen molar-refractivity contribution >= 4 is 22.7 Å². The molecule has 0 atom stereocenters. The van der Waals surface area contributed by atoms with E-state index in [1.165, 1.54) is 0 Å². The Morgan fingerprint density at radius 3 is 2.43 bits per heavy atom. The van der Waals surface area contributed by atoms with Crippen molar-refractivity contribution < 1.29 is 14.3 Å². The Morgan fingerprint density at radius 2 is 1.78 bits per heavy atom. The fraction of sp³-hybridized carbons (Fsp3) is 0.294. The highest BCUT2D eigenvalue weighted by molar-refractivity contribution is 5.95. The largest absolute Gasteiger partial charge is 0.493 e. The van der Waals surface area contributed by atoms with E-state index in [-0.39, 0.29) is 6.42 Å². The number of urea groups is 1. The van der Waals surface area contributed by atoms with Gasteiger partial charge in [-0.15, -0.1) is 0 Å². The van der Waals surface area contributed by atoms with Crippen LogP contribution in [0.1, 0.15) is 18.4 Å². The number of primary amides is 1. The van der Waals surface area contributed by atoms with Gasteiger partial charge in [-0.05, 0) is 42.3 Å². The number of carbonyl (C=O) groups is 2. The normalized spacial score (nSPS) is 10.5. The maximum Gasteiger partial charge on any atom is 0.318 e. The van der Waals surface area contributed by atoms with E-state index in [9.17, 15) is 9.59 Å². The number of fused-ring (bicyclic) bond motifs is 1.